The summed E-state index contributed by atoms with van der Waals surface area (Å²) in [5.74, 6) is 1.67. The van der Waals surface area contributed by atoms with Gasteiger partial charge in [0.1, 0.15) is 5.76 Å². The summed E-state index contributed by atoms with van der Waals surface area (Å²) in [5, 5.41) is 0. The molecule has 0 unspecified atom stereocenters. The SMILES string of the molecule is CC.CCc1ccccc1.CN.Cc1nc(C)c(C)o1.[I][V][I]. The molecule has 0 saturated heterocycles. The van der Waals surface area contributed by atoms with E-state index >= 15 is 0 Å². The topological polar surface area (TPSA) is 52.0 Å². The van der Waals surface area contributed by atoms with Crippen molar-refractivity contribution in [2.24, 2.45) is 5.73 Å². The predicted octanol–water partition coefficient (Wildman–Crippen LogP) is 6.22. The molecular weight excluding hydrogens is 553 g/mol. The molecule has 0 saturated carbocycles. The molecule has 0 aliphatic heterocycles. The molecule has 3 nitrogen and oxygen atoms in total. The zero-order valence-electron chi connectivity index (χ0n) is 15.2. The molecule has 2 aromatic rings. The summed E-state index contributed by atoms with van der Waals surface area (Å²) in [6, 6.07) is 10.5. The van der Waals surface area contributed by atoms with Crippen molar-refractivity contribution >= 4 is 40.0 Å². The first-order chi connectivity index (χ1) is 11.0. The molecule has 0 spiro atoms. The Balaban J connectivity index is -0.000000252. The number of rotatable bonds is 1. The third-order valence-electron chi connectivity index (χ3n) is 2.39. The van der Waals surface area contributed by atoms with Gasteiger partial charge < -0.3 is 10.2 Å². The monoisotopic (exact) mass is 583 g/mol. The Morgan fingerprint density at radius 3 is 1.65 bits per heavy atom. The molecule has 0 bridgehead atoms. The van der Waals surface area contributed by atoms with Gasteiger partial charge >= 0.3 is 49.4 Å². The molecule has 0 radical (unpaired) electrons. The second-order valence-electron chi connectivity index (χ2n) is 3.78. The number of oxazole rings is 1. The van der Waals surface area contributed by atoms with Crippen LogP contribution in [0.3, 0.4) is 0 Å². The Hall–Kier alpha value is 0.434. The van der Waals surface area contributed by atoms with Gasteiger partial charge in [-0.1, -0.05) is 51.1 Å². The number of benzene rings is 1. The van der Waals surface area contributed by atoms with Crippen LogP contribution in [-0.2, 0) is 15.9 Å². The van der Waals surface area contributed by atoms with Gasteiger partial charge in [-0.3, -0.25) is 0 Å². The van der Waals surface area contributed by atoms with E-state index in [0.29, 0.717) is 9.47 Å². The fourth-order valence-corrected chi connectivity index (χ4v) is 1.35. The van der Waals surface area contributed by atoms with Crippen molar-refractivity contribution < 1.29 is 13.9 Å². The summed E-state index contributed by atoms with van der Waals surface area (Å²) in [6.07, 6.45) is 1.14. The third kappa shape index (κ3) is 18.6. The van der Waals surface area contributed by atoms with Gasteiger partial charge in [0.05, 0.1) is 5.69 Å². The van der Waals surface area contributed by atoms with E-state index in [0.717, 1.165) is 23.8 Å². The van der Waals surface area contributed by atoms with Gasteiger partial charge in [0.25, 0.3) is 0 Å². The molecule has 0 atom stereocenters. The number of aromatic nitrogens is 1. The van der Waals surface area contributed by atoms with Crippen LogP contribution in [-0.4, -0.2) is 12.0 Å². The van der Waals surface area contributed by atoms with Gasteiger partial charge in [0.2, 0.25) is 0 Å². The number of nitrogens with two attached hydrogens (primary N) is 1. The Morgan fingerprint density at radius 2 is 1.48 bits per heavy atom. The van der Waals surface area contributed by atoms with Crippen LogP contribution in [0.15, 0.2) is 34.7 Å². The van der Waals surface area contributed by atoms with Crippen LogP contribution in [0.5, 0.6) is 0 Å². The van der Waals surface area contributed by atoms with Gasteiger partial charge in [-0.2, -0.15) is 0 Å². The summed E-state index contributed by atoms with van der Waals surface area (Å²) < 4.78 is 5.10. The zero-order valence-corrected chi connectivity index (χ0v) is 20.9. The third-order valence-corrected chi connectivity index (χ3v) is 2.39. The molecule has 1 aromatic carbocycles. The predicted molar refractivity (Wildman–Crippen MR) is 116 cm³/mol. The number of hydrogen-bond acceptors (Lipinski definition) is 3. The van der Waals surface area contributed by atoms with Gasteiger partial charge in [-0.15, -0.1) is 0 Å². The summed E-state index contributed by atoms with van der Waals surface area (Å²) in [6.45, 7) is 11.9. The van der Waals surface area contributed by atoms with Gasteiger partial charge in [0, 0.05) is 6.92 Å². The molecule has 0 fully saturated rings. The summed E-state index contributed by atoms with van der Waals surface area (Å²) in [5.41, 5.74) is 6.90. The van der Waals surface area contributed by atoms with Crippen LogP contribution in [0.25, 0.3) is 0 Å². The number of nitrogens with zero attached hydrogens (tertiary/aromatic N) is 1. The fourth-order valence-electron chi connectivity index (χ4n) is 1.35. The van der Waals surface area contributed by atoms with Crippen LogP contribution in [0.4, 0.5) is 0 Å². The molecule has 1 aromatic heterocycles. The van der Waals surface area contributed by atoms with Crippen LogP contribution in [0.2, 0.25) is 0 Å². The Labute approximate surface area is 171 Å². The molecule has 1 heterocycles. The van der Waals surface area contributed by atoms with E-state index in [1.165, 1.54) is 12.6 Å². The van der Waals surface area contributed by atoms with Crippen LogP contribution >= 0.6 is 40.0 Å². The minimum atomic E-state index is 0.628. The first kappa shape index (κ1) is 28.2. The minimum absolute atomic E-state index is 0.628. The fraction of sp³-hybridized carbons (Fsp3) is 0.471. The molecule has 2 N–H and O–H groups in total. The Bertz CT molecular complexity index is 432. The van der Waals surface area contributed by atoms with Crippen LogP contribution < -0.4 is 5.73 Å². The molecular formula is C17H30I2N2OV. The van der Waals surface area contributed by atoms with Crippen molar-refractivity contribution in [3.05, 3.63) is 53.2 Å². The van der Waals surface area contributed by atoms with Crippen molar-refractivity contribution in [3.63, 3.8) is 0 Å². The normalized spacial score (nSPS) is 7.74. The number of aryl methyl sites for hydroxylation is 4. The first-order valence-electron chi connectivity index (χ1n) is 7.49. The van der Waals surface area contributed by atoms with Crippen LogP contribution in [0.1, 0.15) is 43.7 Å². The second kappa shape index (κ2) is 22.4. The molecule has 0 aliphatic rings. The average molecular weight is 583 g/mol. The number of hydrogen-bond donors (Lipinski definition) is 1. The van der Waals surface area contributed by atoms with Crippen molar-refractivity contribution in [2.45, 2.75) is 48.0 Å². The van der Waals surface area contributed by atoms with E-state index in [9.17, 15) is 0 Å². The molecule has 23 heavy (non-hydrogen) atoms. The first-order valence-corrected chi connectivity index (χ1v) is 16.5. The average Bonchev–Trinajstić information content (AvgIpc) is 2.89. The summed E-state index contributed by atoms with van der Waals surface area (Å²) >= 11 is 4.74. The summed E-state index contributed by atoms with van der Waals surface area (Å²) in [7, 11) is 2.13. The van der Waals surface area contributed by atoms with E-state index in [1.807, 2.05) is 40.7 Å². The zero-order chi connectivity index (χ0) is 18.7. The quantitative estimate of drug-likeness (QED) is 0.406. The summed E-state index contributed by atoms with van der Waals surface area (Å²) in [4.78, 5) is 4.04. The van der Waals surface area contributed by atoms with Gasteiger partial charge in [-0.25, -0.2) is 4.98 Å². The Kier molecular flexibility index (Phi) is 27.6. The molecule has 6 heteroatoms. The maximum absolute atomic E-state index is 5.10. The standard InChI is InChI=1S/C8H10.C6H9NO.C2H6.CH5N.2HI.V/c1-2-8-6-4-3-5-7-8;1-4-5(2)8-6(3)7-4;2*1-2;;;/h3-7H,2H2,1H3;1-3H3;1-2H3;2H2,1H3;2*1H;/q;;;;;;+2/p-2. The molecule has 0 aliphatic carbocycles. The van der Waals surface area contributed by atoms with Gasteiger partial charge in [-0.05, 0) is 32.9 Å². The van der Waals surface area contributed by atoms with Crippen molar-refractivity contribution in [1.82, 2.24) is 4.98 Å². The van der Waals surface area contributed by atoms with Gasteiger partial charge in [0.15, 0.2) is 5.89 Å². The second-order valence-corrected chi connectivity index (χ2v) is 15.6. The van der Waals surface area contributed by atoms with Crippen molar-refractivity contribution in [2.75, 3.05) is 7.05 Å². The van der Waals surface area contributed by atoms with E-state index in [2.05, 4.69) is 81.9 Å². The Morgan fingerprint density at radius 1 is 1.04 bits per heavy atom. The molecule has 133 valence electrons. The molecule has 2 rings (SSSR count). The van der Waals surface area contributed by atoms with E-state index in [-0.39, 0.29) is 0 Å². The van der Waals surface area contributed by atoms with E-state index in [4.69, 9.17) is 4.42 Å². The maximum atomic E-state index is 5.10. The number of halogens is 2. The van der Waals surface area contributed by atoms with Crippen molar-refractivity contribution in [1.29, 1.82) is 0 Å². The van der Waals surface area contributed by atoms with E-state index in [1.54, 1.807) is 0 Å². The van der Waals surface area contributed by atoms with E-state index < -0.39 is 0 Å². The molecule has 0 amide bonds. The van der Waals surface area contributed by atoms with Crippen LogP contribution in [0, 0.1) is 20.8 Å². The van der Waals surface area contributed by atoms with Crippen molar-refractivity contribution in [3.8, 4) is 0 Å².